The van der Waals surface area contributed by atoms with E-state index in [0.717, 1.165) is 0 Å². The van der Waals surface area contributed by atoms with Crippen molar-refractivity contribution in [1.29, 1.82) is 0 Å². The van der Waals surface area contributed by atoms with Crippen LogP contribution in [0.15, 0.2) is 39.7 Å². The van der Waals surface area contributed by atoms with Gasteiger partial charge >= 0.3 is 0 Å². The Balaban J connectivity index is 1.77. The Bertz CT molecular complexity index is 1070. The van der Waals surface area contributed by atoms with Crippen molar-refractivity contribution in [3.05, 3.63) is 40.8 Å². The van der Waals surface area contributed by atoms with Crippen LogP contribution < -0.4 is 29.1 Å². The summed E-state index contributed by atoms with van der Waals surface area (Å²) in [5.41, 5.74) is 1.20. The summed E-state index contributed by atoms with van der Waals surface area (Å²) in [4.78, 5) is 13.1. The first-order valence-corrected chi connectivity index (χ1v) is 7.58. The highest BCUT2D eigenvalue weighted by molar-refractivity contribution is 5.92. The highest BCUT2D eigenvalue weighted by Gasteiger charge is 2.26. The van der Waals surface area contributed by atoms with E-state index in [1.165, 1.54) is 13.4 Å². The Morgan fingerprint density at radius 2 is 1.76 bits per heavy atom. The number of methoxy groups -OCH3 is 1. The molecule has 0 radical (unpaired) electrons. The van der Waals surface area contributed by atoms with Gasteiger partial charge in [-0.1, -0.05) is 6.07 Å². The molecule has 0 unspecified atom stereocenters. The molecule has 126 valence electrons. The molecule has 2 aliphatic heterocycles. The van der Waals surface area contributed by atoms with Gasteiger partial charge in [0.1, 0.15) is 17.2 Å². The Morgan fingerprint density at radius 3 is 2.64 bits per heavy atom. The van der Waals surface area contributed by atoms with Crippen molar-refractivity contribution in [3.63, 3.8) is 0 Å². The topological polar surface area (TPSA) is 76.4 Å². The standard InChI is InChI=1S/C18H12O7/c1-20-18-15-13(5-14-17(18)25-8-24-14)21-6-10(16(15)19)9-2-3-11-12(4-9)23-7-22-11/h2-6H,7-8H2,1H3. The second-order valence-corrected chi connectivity index (χ2v) is 5.56. The first kappa shape index (κ1) is 14.0. The lowest BCUT2D eigenvalue weighted by Crippen LogP contribution is -2.07. The monoisotopic (exact) mass is 340 g/mol. The summed E-state index contributed by atoms with van der Waals surface area (Å²) in [7, 11) is 1.48. The van der Waals surface area contributed by atoms with Gasteiger partial charge < -0.3 is 28.1 Å². The minimum atomic E-state index is -0.227. The zero-order valence-corrected chi connectivity index (χ0v) is 13.2. The van der Waals surface area contributed by atoms with E-state index in [2.05, 4.69) is 0 Å². The minimum absolute atomic E-state index is 0.0746. The van der Waals surface area contributed by atoms with Crippen LogP contribution in [0.5, 0.6) is 28.7 Å². The SMILES string of the molecule is COc1c2c(cc3occ(-c4ccc5c(c4)OCO5)c(=O)c13)OCO2. The Kier molecular flexibility index (Phi) is 2.85. The van der Waals surface area contributed by atoms with Crippen LogP contribution in [0.2, 0.25) is 0 Å². The smallest absolute Gasteiger partial charge is 0.231 e. The van der Waals surface area contributed by atoms with Gasteiger partial charge in [0.15, 0.2) is 23.0 Å². The van der Waals surface area contributed by atoms with Crippen LogP contribution in [0, 0.1) is 0 Å². The van der Waals surface area contributed by atoms with Crippen LogP contribution in [0.1, 0.15) is 0 Å². The van der Waals surface area contributed by atoms with E-state index in [-0.39, 0.29) is 19.0 Å². The largest absolute Gasteiger partial charge is 0.492 e. The summed E-state index contributed by atoms with van der Waals surface area (Å²) in [6, 6.07) is 6.92. The molecule has 5 rings (SSSR count). The average molecular weight is 340 g/mol. The summed E-state index contributed by atoms with van der Waals surface area (Å²) >= 11 is 0. The Morgan fingerprint density at radius 1 is 0.960 bits per heavy atom. The number of fused-ring (bicyclic) bond motifs is 3. The van der Waals surface area contributed by atoms with Gasteiger partial charge in [-0.3, -0.25) is 4.79 Å². The third-order valence-corrected chi connectivity index (χ3v) is 4.25. The molecule has 25 heavy (non-hydrogen) atoms. The molecular weight excluding hydrogens is 328 g/mol. The van der Waals surface area contributed by atoms with E-state index in [1.807, 2.05) is 0 Å². The number of hydrogen-bond donors (Lipinski definition) is 0. The van der Waals surface area contributed by atoms with Gasteiger partial charge in [0.05, 0.1) is 12.7 Å². The van der Waals surface area contributed by atoms with E-state index in [4.69, 9.17) is 28.1 Å². The maximum Gasteiger partial charge on any atom is 0.231 e. The fourth-order valence-corrected chi connectivity index (χ4v) is 3.07. The number of ether oxygens (including phenoxy) is 5. The molecule has 2 aromatic carbocycles. The summed E-state index contributed by atoms with van der Waals surface area (Å²) in [6.07, 6.45) is 1.42. The van der Waals surface area contributed by atoms with Crippen molar-refractivity contribution in [2.45, 2.75) is 0 Å². The first-order chi connectivity index (χ1) is 12.3. The Hall–Kier alpha value is -3.35. The minimum Gasteiger partial charge on any atom is -0.492 e. The quantitative estimate of drug-likeness (QED) is 0.710. The predicted molar refractivity (Wildman–Crippen MR) is 86.7 cm³/mol. The van der Waals surface area contributed by atoms with Gasteiger partial charge in [-0.25, -0.2) is 0 Å². The number of rotatable bonds is 2. The van der Waals surface area contributed by atoms with E-state index in [1.54, 1.807) is 24.3 Å². The molecule has 0 saturated carbocycles. The van der Waals surface area contributed by atoms with Gasteiger partial charge in [-0.2, -0.15) is 0 Å². The third-order valence-electron chi connectivity index (χ3n) is 4.25. The second-order valence-electron chi connectivity index (χ2n) is 5.56. The van der Waals surface area contributed by atoms with Gasteiger partial charge in [-0.05, 0) is 17.7 Å². The molecule has 1 aromatic heterocycles. The predicted octanol–water partition coefficient (Wildman–Crippen LogP) is 2.93. The van der Waals surface area contributed by atoms with E-state index in [0.29, 0.717) is 50.8 Å². The van der Waals surface area contributed by atoms with Crippen molar-refractivity contribution in [3.8, 4) is 39.9 Å². The van der Waals surface area contributed by atoms with Crippen LogP contribution in [-0.4, -0.2) is 20.7 Å². The molecule has 2 aliphatic rings. The molecule has 0 amide bonds. The maximum atomic E-state index is 13.1. The molecular formula is C18H12O7. The number of hydrogen-bond acceptors (Lipinski definition) is 7. The highest BCUT2D eigenvalue weighted by atomic mass is 16.7. The second kappa shape index (κ2) is 5.07. The lowest BCUT2D eigenvalue weighted by Gasteiger charge is -2.09. The molecule has 0 saturated heterocycles. The molecule has 0 spiro atoms. The lowest BCUT2D eigenvalue weighted by atomic mass is 10.0. The van der Waals surface area contributed by atoms with Crippen LogP contribution in [0.4, 0.5) is 0 Å². The molecule has 7 nitrogen and oxygen atoms in total. The van der Waals surface area contributed by atoms with Crippen LogP contribution in [0.3, 0.4) is 0 Å². The normalized spacial score (nSPS) is 14.1. The lowest BCUT2D eigenvalue weighted by molar-refractivity contribution is 0.171. The molecule has 3 aromatic rings. The fraction of sp³-hybridized carbons (Fsp3) is 0.167. The fourth-order valence-electron chi connectivity index (χ4n) is 3.07. The molecule has 7 heteroatoms. The van der Waals surface area contributed by atoms with Crippen LogP contribution in [-0.2, 0) is 0 Å². The molecule has 0 atom stereocenters. The van der Waals surface area contributed by atoms with Crippen LogP contribution >= 0.6 is 0 Å². The first-order valence-electron chi connectivity index (χ1n) is 7.58. The summed E-state index contributed by atoms with van der Waals surface area (Å²) in [5.74, 6) is 2.44. The van der Waals surface area contributed by atoms with E-state index >= 15 is 0 Å². The third kappa shape index (κ3) is 1.95. The summed E-state index contributed by atoms with van der Waals surface area (Å²) < 4.78 is 32.5. The average Bonchev–Trinajstić information content (AvgIpc) is 3.28. The van der Waals surface area contributed by atoms with Crippen molar-refractivity contribution in [2.75, 3.05) is 20.7 Å². The maximum absolute atomic E-state index is 13.1. The van der Waals surface area contributed by atoms with Gasteiger partial charge in [0.25, 0.3) is 0 Å². The molecule has 0 bridgehead atoms. The van der Waals surface area contributed by atoms with E-state index < -0.39 is 0 Å². The highest BCUT2D eigenvalue weighted by Crippen LogP contribution is 2.45. The zero-order valence-electron chi connectivity index (χ0n) is 13.2. The van der Waals surface area contributed by atoms with Crippen LogP contribution in [0.25, 0.3) is 22.1 Å². The summed E-state index contributed by atoms with van der Waals surface area (Å²) in [6.45, 7) is 0.244. The molecule has 3 heterocycles. The van der Waals surface area contributed by atoms with E-state index in [9.17, 15) is 4.79 Å². The number of benzene rings is 2. The van der Waals surface area contributed by atoms with Gasteiger partial charge in [0, 0.05) is 6.07 Å². The van der Waals surface area contributed by atoms with Gasteiger partial charge in [0.2, 0.25) is 24.8 Å². The molecule has 0 N–H and O–H groups in total. The zero-order chi connectivity index (χ0) is 17.0. The summed E-state index contributed by atoms with van der Waals surface area (Å²) in [5, 5.41) is 0.307. The Labute approximate surface area is 141 Å². The van der Waals surface area contributed by atoms with Gasteiger partial charge in [-0.15, -0.1) is 0 Å². The van der Waals surface area contributed by atoms with Crippen molar-refractivity contribution in [1.82, 2.24) is 0 Å². The van der Waals surface area contributed by atoms with Crippen molar-refractivity contribution >= 4 is 11.0 Å². The molecule has 0 aliphatic carbocycles. The van der Waals surface area contributed by atoms with Crippen molar-refractivity contribution in [2.24, 2.45) is 0 Å². The van der Waals surface area contributed by atoms with Crippen molar-refractivity contribution < 1.29 is 28.1 Å². The molecule has 0 fully saturated rings.